The zero-order valence-corrected chi connectivity index (χ0v) is 9.08. The molecule has 4 nitrogen and oxygen atoms in total. The number of aromatic nitrogens is 2. The van der Waals surface area contributed by atoms with Gasteiger partial charge in [0.05, 0.1) is 18.4 Å². The standard InChI is InChI=1S/C10H19N3O/c1-8(2)14-7-6-11-9(3)10-4-5-12-13-10/h4-5,8-9,11H,6-7H2,1-3H3,(H,12,13). The van der Waals surface area contributed by atoms with Crippen molar-refractivity contribution < 1.29 is 4.74 Å². The highest BCUT2D eigenvalue weighted by Gasteiger charge is 2.04. The summed E-state index contributed by atoms with van der Waals surface area (Å²) in [5.74, 6) is 0. The number of nitrogens with zero attached hydrogens (tertiary/aromatic N) is 1. The molecular formula is C10H19N3O. The number of nitrogens with one attached hydrogen (secondary N) is 2. The summed E-state index contributed by atoms with van der Waals surface area (Å²) < 4.78 is 5.42. The van der Waals surface area contributed by atoms with Gasteiger partial charge in [-0.15, -0.1) is 0 Å². The third kappa shape index (κ3) is 3.89. The van der Waals surface area contributed by atoms with Crippen molar-refractivity contribution in [3.8, 4) is 0 Å². The number of hydrogen-bond acceptors (Lipinski definition) is 3. The van der Waals surface area contributed by atoms with Gasteiger partial charge < -0.3 is 10.1 Å². The fourth-order valence-corrected chi connectivity index (χ4v) is 1.19. The number of hydrogen-bond donors (Lipinski definition) is 2. The Balaban J connectivity index is 2.13. The Morgan fingerprint density at radius 3 is 2.86 bits per heavy atom. The Morgan fingerprint density at radius 2 is 2.29 bits per heavy atom. The van der Waals surface area contributed by atoms with Gasteiger partial charge in [0.25, 0.3) is 0 Å². The topological polar surface area (TPSA) is 49.9 Å². The first-order chi connectivity index (χ1) is 6.70. The maximum Gasteiger partial charge on any atom is 0.0594 e. The Hall–Kier alpha value is -0.870. The molecule has 0 aliphatic rings. The summed E-state index contributed by atoms with van der Waals surface area (Å²) in [5, 5.41) is 10.2. The Bertz CT molecular complexity index is 234. The number of H-pyrrole nitrogens is 1. The van der Waals surface area contributed by atoms with Crippen LogP contribution < -0.4 is 5.32 Å². The van der Waals surface area contributed by atoms with Crippen LogP contribution in [0.2, 0.25) is 0 Å². The van der Waals surface area contributed by atoms with Crippen LogP contribution in [0, 0.1) is 0 Å². The van der Waals surface area contributed by atoms with Gasteiger partial charge in [0.2, 0.25) is 0 Å². The lowest BCUT2D eigenvalue weighted by Crippen LogP contribution is -2.24. The molecule has 2 N–H and O–H groups in total. The average molecular weight is 197 g/mol. The number of ether oxygens (including phenoxy) is 1. The van der Waals surface area contributed by atoms with Crippen LogP contribution in [0.1, 0.15) is 32.5 Å². The van der Waals surface area contributed by atoms with Gasteiger partial charge in [-0.3, -0.25) is 5.10 Å². The molecule has 80 valence electrons. The molecule has 0 radical (unpaired) electrons. The molecule has 0 amide bonds. The fourth-order valence-electron chi connectivity index (χ4n) is 1.19. The van der Waals surface area contributed by atoms with Gasteiger partial charge in [-0.05, 0) is 26.8 Å². The van der Waals surface area contributed by atoms with E-state index < -0.39 is 0 Å². The van der Waals surface area contributed by atoms with Crippen LogP contribution in [0.15, 0.2) is 12.3 Å². The predicted molar refractivity (Wildman–Crippen MR) is 56.1 cm³/mol. The molecule has 1 heterocycles. The molecule has 1 unspecified atom stereocenters. The first-order valence-electron chi connectivity index (χ1n) is 5.04. The van der Waals surface area contributed by atoms with Gasteiger partial charge >= 0.3 is 0 Å². The lowest BCUT2D eigenvalue weighted by Gasteiger charge is -2.13. The summed E-state index contributed by atoms with van der Waals surface area (Å²) in [4.78, 5) is 0. The van der Waals surface area contributed by atoms with Crippen LogP contribution >= 0.6 is 0 Å². The van der Waals surface area contributed by atoms with Crippen LogP contribution in [0.25, 0.3) is 0 Å². The minimum absolute atomic E-state index is 0.299. The molecule has 0 bridgehead atoms. The molecule has 0 saturated heterocycles. The molecule has 0 fully saturated rings. The third-order valence-corrected chi connectivity index (χ3v) is 1.99. The summed E-state index contributed by atoms with van der Waals surface area (Å²) >= 11 is 0. The maximum absolute atomic E-state index is 5.42. The average Bonchev–Trinajstić information content (AvgIpc) is 2.64. The highest BCUT2D eigenvalue weighted by Crippen LogP contribution is 2.06. The molecule has 14 heavy (non-hydrogen) atoms. The minimum Gasteiger partial charge on any atom is -0.377 e. The zero-order valence-electron chi connectivity index (χ0n) is 9.08. The molecule has 1 rings (SSSR count). The summed E-state index contributed by atoms with van der Waals surface area (Å²) in [6.07, 6.45) is 2.07. The van der Waals surface area contributed by atoms with E-state index in [1.165, 1.54) is 0 Å². The van der Waals surface area contributed by atoms with Crippen molar-refractivity contribution in [1.29, 1.82) is 0 Å². The lowest BCUT2D eigenvalue weighted by atomic mass is 10.2. The van der Waals surface area contributed by atoms with Gasteiger partial charge in [-0.25, -0.2) is 0 Å². The second kappa shape index (κ2) is 5.78. The Kier molecular flexibility index (Phi) is 4.62. The summed E-state index contributed by atoms with van der Waals surface area (Å²) in [5.41, 5.74) is 1.11. The van der Waals surface area contributed by atoms with Crippen molar-refractivity contribution in [1.82, 2.24) is 15.5 Å². The highest BCUT2D eigenvalue weighted by atomic mass is 16.5. The third-order valence-electron chi connectivity index (χ3n) is 1.99. The van der Waals surface area contributed by atoms with E-state index in [-0.39, 0.29) is 0 Å². The normalized spacial score (nSPS) is 13.4. The smallest absolute Gasteiger partial charge is 0.0594 e. The summed E-state index contributed by atoms with van der Waals surface area (Å²) in [6, 6.07) is 2.27. The number of aromatic amines is 1. The summed E-state index contributed by atoms with van der Waals surface area (Å²) in [7, 11) is 0. The van der Waals surface area contributed by atoms with Gasteiger partial charge in [-0.2, -0.15) is 5.10 Å². The van der Waals surface area contributed by atoms with E-state index in [1.54, 1.807) is 6.20 Å². The van der Waals surface area contributed by atoms with Crippen LogP contribution in [-0.2, 0) is 4.74 Å². The van der Waals surface area contributed by atoms with E-state index in [4.69, 9.17) is 4.74 Å². The Labute approximate surface area is 85.0 Å². The van der Waals surface area contributed by atoms with Gasteiger partial charge in [-0.1, -0.05) is 0 Å². The van der Waals surface area contributed by atoms with E-state index in [1.807, 2.05) is 19.9 Å². The van der Waals surface area contributed by atoms with Crippen molar-refractivity contribution in [3.63, 3.8) is 0 Å². The van der Waals surface area contributed by atoms with Crippen LogP contribution in [0.3, 0.4) is 0 Å². The van der Waals surface area contributed by atoms with Crippen molar-refractivity contribution in [2.24, 2.45) is 0 Å². The molecule has 0 saturated carbocycles. The van der Waals surface area contributed by atoms with Gasteiger partial charge in [0, 0.05) is 18.8 Å². The highest BCUT2D eigenvalue weighted by molar-refractivity contribution is 5.02. The first kappa shape index (κ1) is 11.2. The maximum atomic E-state index is 5.42. The SMILES string of the molecule is CC(C)OCCNC(C)c1ccn[nH]1. The van der Waals surface area contributed by atoms with E-state index in [2.05, 4.69) is 22.4 Å². The molecule has 1 aromatic heterocycles. The van der Waals surface area contributed by atoms with Crippen LogP contribution in [0.5, 0.6) is 0 Å². The van der Waals surface area contributed by atoms with Crippen molar-refractivity contribution in [3.05, 3.63) is 18.0 Å². The van der Waals surface area contributed by atoms with Crippen LogP contribution in [0.4, 0.5) is 0 Å². The van der Waals surface area contributed by atoms with E-state index in [0.29, 0.717) is 12.1 Å². The van der Waals surface area contributed by atoms with E-state index in [9.17, 15) is 0 Å². The number of rotatable bonds is 6. The monoisotopic (exact) mass is 197 g/mol. The first-order valence-corrected chi connectivity index (χ1v) is 5.04. The molecule has 0 spiro atoms. The van der Waals surface area contributed by atoms with Crippen molar-refractivity contribution in [2.45, 2.75) is 32.9 Å². The van der Waals surface area contributed by atoms with E-state index >= 15 is 0 Å². The summed E-state index contributed by atoms with van der Waals surface area (Å²) in [6.45, 7) is 7.79. The molecule has 1 atom stereocenters. The molecule has 0 aromatic carbocycles. The largest absolute Gasteiger partial charge is 0.377 e. The van der Waals surface area contributed by atoms with Gasteiger partial charge in [0.15, 0.2) is 0 Å². The quantitative estimate of drug-likeness (QED) is 0.679. The minimum atomic E-state index is 0.299. The predicted octanol–water partition coefficient (Wildman–Crippen LogP) is 1.49. The second-order valence-corrected chi connectivity index (χ2v) is 3.61. The molecule has 4 heteroatoms. The lowest BCUT2D eigenvalue weighted by molar-refractivity contribution is 0.0795. The van der Waals surface area contributed by atoms with E-state index in [0.717, 1.165) is 18.8 Å². The second-order valence-electron chi connectivity index (χ2n) is 3.61. The Morgan fingerprint density at radius 1 is 1.50 bits per heavy atom. The molecular weight excluding hydrogens is 178 g/mol. The zero-order chi connectivity index (χ0) is 10.4. The van der Waals surface area contributed by atoms with Crippen LogP contribution in [-0.4, -0.2) is 29.5 Å². The van der Waals surface area contributed by atoms with Crippen molar-refractivity contribution >= 4 is 0 Å². The van der Waals surface area contributed by atoms with Gasteiger partial charge in [0.1, 0.15) is 0 Å². The molecule has 0 aliphatic carbocycles. The molecule has 1 aromatic rings. The fraction of sp³-hybridized carbons (Fsp3) is 0.700. The van der Waals surface area contributed by atoms with Crippen molar-refractivity contribution in [2.75, 3.05) is 13.2 Å². The molecule has 0 aliphatic heterocycles.